The molecule has 0 spiro atoms. The highest BCUT2D eigenvalue weighted by Crippen LogP contribution is 2.36. The standard InChI is InChI=1S/C10H10ClNO/c11-8-3-1-2-7(4-8)10(12)5-9(13)6-10/h1-4H,5-6,12H2. The maximum Gasteiger partial charge on any atom is 0.137 e. The van der Waals surface area contributed by atoms with Crippen LogP contribution in [-0.4, -0.2) is 5.78 Å². The van der Waals surface area contributed by atoms with Crippen molar-refractivity contribution in [3.8, 4) is 0 Å². The van der Waals surface area contributed by atoms with Gasteiger partial charge in [0, 0.05) is 17.9 Å². The second-order valence-electron chi connectivity index (χ2n) is 3.56. The summed E-state index contributed by atoms with van der Waals surface area (Å²) in [6, 6.07) is 7.40. The van der Waals surface area contributed by atoms with E-state index in [1.165, 1.54) is 0 Å². The minimum Gasteiger partial charge on any atom is -0.321 e. The van der Waals surface area contributed by atoms with Gasteiger partial charge in [-0.3, -0.25) is 4.79 Å². The molecule has 0 aromatic heterocycles. The number of hydrogen-bond donors (Lipinski definition) is 1. The first-order valence-electron chi connectivity index (χ1n) is 4.17. The zero-order valence-electron chi connectivity index (χ0n) is 7.09. The molecule has 0 unspecified atom stereocenters. The highest BCUT2D eigenvalue weighted by Gasteiger charge is 2.41. The zero-order chi connectivity index (χ0) is 9.47. The van der Waals surface area contributed by atoms with Crippen LogP contribution >= 0.6 is 11.6 Å². The van der Waals surface area contributed by atoms with Crippen LogP contribution in [0.5, 0.6) is 0 Å². The summed E-state index contributed by atoms with van der Waals surface area (Å²) in [5.41, 5.74) is 6.51. The van der Waals surface area contributed by atoms with Gasteiger partial charge in [0.25, 0.3) is 0 Å². The van der Waals surface area contributed by atoms with Crippen LogP contribution in [0.4, 0.5) is 0 Å². The SMILES string of the molecule is NC1(c2cccc(Cl)c2)CC(=O)C1. The molecule has 1 aliphatic rings. The molecule has 68 valence electrons. The van der Waals surface area contributed by atoms with Crippen molar-refractivity contribution in [3.05, 3.63) is 34.9 Å². The second kappa shape index (κ2) is 2.82. The molecule has 1 aliphatic carbocycles. The van der Waals surface area contributed by atoms with Gasteiger partial charge in [-0.25, -0.2) is 0 Å². The summed E-state index contributed by atoms with van der Waals surface area (Å²) in [7, 11) is 0. The molecule has 13 heavy (non-hydrogen) atoms. The van der Waals surface area contributed by atoms with E-state index in [1.807, 2.05) is 18.2 Å². The Morgan fingerprint density at radius 2 is 2.08 bits per heavy atom. The van der Waals surface area contributed by atoms with E-state index in [4.69, 9.17) is 17.3 Å². The van der Waals surface area contributed by atoms with Crippen LogP contribution in [0.3, 0.4) is 0 Å². The molecule has 0 heterocycles. The predicted molar refractivity (Wildman–Crippen MR) is 51.6 cm³/mol. The predicted octanol–water partition coefficient (Wildman–Crippen LogP) is 1.86. The van der Waals surface area contributed by atoms with E-state index < -0.39 is 5.54 Å². The Balaban J connectivity index is 2.31. The van der Waals surface area contributed by atoms with Gasteiger partial charge in [0.05, 0.1) is 5.54 Å². The van der Waals surface area contributed by atoms with Crippen molar-refractivity contribution in [2.45, 2.75) is 18.4 Å². The third-order valence-corrected chi connectivity index (χ3v) is 2.66. The Morgan fingerprint density at radius 3 is 2.62 bits per heavy atom. The van der Waals surface area contributed by atoms with Gasteiger partial charge in [0.2, 0.25) is 0 Å². The van der Waals surface area contributed by atoms with Crippen LogP contribution in [0.25, 0.3) is 0 Å². The smallest absolute Gasteiger partial charge is 0.137 e. The average molecular weight is 196 g/mol. The van der Waals surface area contributed by atoms with Gasteiger partial charge in [-0.1, -0.05) is 23.7 Å². The van der Waals surface area contributed by atoms with Crippen molar-refractivity contribution in [1.29, 1.82) is 0 Å². The largest absolute Gasteiger partial charge is 0.321 e. The van der Waals surface area contributed by atoms with Crippen molar-refractivity contribution in [3.63, 3.8) is 0 Å². The van der Waals surface area contributed by atoms with Crippen molar-refractivity contribution >= 4 is 17.4 Å². The lowest BCUT2D eigenvalue weighted by Crippen LogP contribution is -2.49. The van der Waals surface area contributed by atoms with E-state index in [0.29, 0.717) is 17.9 Å². The third-order valence-electron chi connectivity index (χ3n) is 2.42. The Morgan fingerprint density at radius 1 is 1.38 bits per heavy atom. The molecule has 1 saturated carbocycles. The van der Waals surface area contributed by atoms with Crippen molar-refractivity contribution in [2.24, 2.45) is 5.73 Å². The molecule has 0 radical (unpaired) electrons. The molecule has 1 aromatic carbocycles. The number of halogens is 1. The number of ketones is 1. The summed E-state index contributed by atoms with van der Waals surface area (Å²) < 4.78 is 0. The first-order valence-corrected chi connectivity index (χ1v) is 4.55. The highest BCUT2D eigenvalue weighted by molar-refractivity contribution is 6.30. The van der Waals surface area contributed by atoms with E-state index in [0.717, 1.165) is 5.56 Å². The third kappa shape index (κ3) is 1.47. The number of Topliss-reactive ketones (excluding diaryl/α,β-unsaturated/α-hetero) is 1. The number of nitrogens with two attached hydrogens (primary N) is 1. The van der Waals surface area contributed by atoms with E-state index in [-0.39, 0.29) is 5.78 Å². The molecule has 2 rings (SSSR count). The van der Waals surface area contributed by atoms with Gasteiger partial charge < -0.3 is 5.73 Å². The molecule has 0 atom stereocenters. The lowest BCUT2D eigenvalue weighted by atomic mass is 9.72. The minimum atomic E-state index is -0.456. The highest BCUT2D eigenvalue weighted by atomic mass is 35.5. The maximum atomic E-state index is 10.9. The molecule has 1 fully saturated rings. The van der Waals surface area contributed by atoms with Gasteiger partial charge in [0.1, 0.15) is 5.78 Å². The van der Waals surface area contributed by atoms with Crippen molar-refractivity contribution in [1.82, 2.24) is 0 Å². The molecule has 0 amide bonds. The fourth-order valence-electron chi connectivity index (χ4n) is 1.65. The number of hydrogen-bond acceptors (Lipinski definition) is 2. The summed E-state index contributed by atoms with van der Waals surface area (Å²) in [6.07, 6.45) is 0.876. The second-order valence-corrected chi connectivity index (χ2v) is 4.00. The van der Waals surface area contributed by atoms with Crippen molar-refractivity contribution in [2.75, 3.05) is 0 Å². The molecule has 2 N–H and O–H groups in total. The summed E-state index contributed by atoms with van der Waals surface area (Å²) in [6.45, 7) is 0. The number of rotatable bonds is 1. The number of carbonyl (C=O) groups is 1. The van der Waals surface area contributed by atoms with Crippen molar-refractivity contribution < 1.29 is 4.79 Å². The Labute approximate surface area is 81.7 Å². The van der Waals surface area contributed by atoms with Crippen LogP contribution in [0.1, 0.15) is 18.4 Å². The van der Waals surface area contributed by atoms with E-state index >= 15 is 0 Å². The Hall–Kier alpha value is -0.860. The zero-order valence-corrected chi connectivity index (χ0v) is 7.84. The molecular weight excluding hydrogens is 186 g/mol. The van der Waals surface area contributed by atoms with Gasteiger partial charge in [-0.2, -0.15) is 0 Å². The molecule has 2 nitrogen and oxygen atoms in total. The van der Waals surface area contributed by atoms with Gasteiger partial charge in [-0.15, -0.1) is 0 Å². The summed E-state index contributed by atoms with van der Waals surface area (Å²) >= 11 is 5.83. The summed E-state index contributed by atoms with van der Waals surface area (Å²) in [5, 5.41) is 0.668. The monoisotopic (exact) mass is 195 g/mol. The first-order chi connectivity index (χ1) is 6.10. The van der Waals surface area contributed by atoms with Crippen LogP contribution in [-0.2, 0) is 10.3 Å². The van der Waals surface area contributed by atoms with E-state index in [1.54, 1.807) is 6.07 Å². The first kappa shape index (κ1) is 8.73. The van der Waals surface area contributed by atoms with Gasteiger partial charge in [-0.05, 0) is 17.7 Å². The van der Waals surface area contributed by atoms with Crippen LogP contribution < -0.4 is 5.73 Å². The lowest BCUT2D eigenvalue weighted by molar-refractivity contribution is -0.128. The summed E-state index contributed by atoms with van der Waals surface area (Å²) in [5.74, 6) is 0.225. The Kier molecular flexibility index (Phi) is 1.90. The quantitative estimate of drug-likeness (QED) is 0.744. The molecule has 1 aromatic rings. The molecular formula is C10H10ClNO. The number of benzene rings is 1. The molecule has 3 heteroatoms. The maximum absolute atomic E-state index is 10.9. The molecule has 0 aliphatic heterocycles. The van der Waals surface area contributed by atoms with Crippen LogP contribution in [0, 0.1) is 0 Å². The average Bonchev–Trinajstić information content (AvgIpc) is 2.02. The molecule has 0 bridgehead atoms. The number of carbonyl (C=O) groups excluding carboxylic acids is 1. The van der Waals surface area contributed by atoms with E-state index in [2.05, 4.69) is 0 Å². The molecule has 0 saturated heterocycles. The van der Waals surface area contributed by atoms with Gasteiger partial charge in [0.15, 0.2) is 0 Å². The van der Waals surface area contributed by atoms with Crippen LogP contribution in [0.2, 0.25) is 5.02 Å². The topological polar surface area (TPSA) is 43.1 Å². The summed E-state index contributed by atoms with van der Waals surface area (Å²) in [4.78, 5) is 10.9. The Bertz CT molecular complexity index is 354. The normalized spacial score (nSPS) is 19.7. The lowest BCUT2D eigenvalue weighted by Gasteiger charge is -2.37. The van der Waals surface area contributed by atoms with E-state index in [9.17, 15) is 4.79 Å². The van der Waals surface area contributed by atoms with Gasteiger partial charge >= 0.3 is 0 Å². The van der Waals surface area contributed by atoms with Crippen LogP contribution in [0.15, 0.2) is 24.3 Å². The minimum absolute atomic E-state index is 0.225. The fraction of sp³-hybridized carbons (Fsp3) is 0.300. The fourth-order valence-corrected chi connectivity index (χ4v) is 1.84.